The van der Waals surface area contributed by atoms with Gasteiger partial charge in [-0.3, -0.25) is 14.4 Å². The van der Waals surface area contributed by atoms with Crippen molar-refractivity contribution in [1.82, 2.24) is 20.5 Å². The molecular weight excluding hydrogens is 504 g/mol. The Labute approximate surface area is 236 Å². The standard InChI is InChI=1S/C31H42N6O3/c1-4-36-12-9-23(10-13-36)34-30(39)22-7-8-28(33-18-22)37-11-5-6-21-16-24(17-27(21)37)35-31(40)26-15-19(2)25(29(32)38)14-20(26)3/h7-8,14-15,18,21,23-24,27H,4-6,9-13,16-17H2,1-3H3,(H2,32,38)(H,34,39)(H,35,40). The number of hydrogen-bond donors (Lipinski definition) is 3. The zero-order valence-electron chi connectivity index (χ0n) is 23.9. The van der Waals surface area contributed by atoms with Crippen molar-refractivity contribution >= 4 is 23.5 Å². The maximum Gasteiger partial charge on any atom is 0.253 e. The first-order valence-corrected chi connectivity index (χ1v) is 14.7. The fourth-order valence-corrected chi connectivity index (χ4v) is 6.83. The lowest BCUT2D eigenvalue weighted by Gasteiger charge is -2.38. The van der Waals surface area contributed by atoms with E-state index >= 15 is 0 Å². The smallest absolute Gasteiger partial charge is 0.253 e. The first kappa shape index (κ1) is 28.1. The van der Waals surface area contributed by atoms with Crippen molar-refractivity contribution in [2.45, 2.75) is 77.4 Å². The molecule has 2 saturated heterocycles. The van der Waals surface area contributed by atoms with Gasteiger partial charge in [0.25, 0.3) is 11.8 Å². The number of aryl methyl sites for hydroxylation is 2. The van der Waals surface area contributed by atoms with Gasteiger partial charge in [-0.2, -0.15) is 0 Å². The fourth-order valence-electron chi connectivity index (χ4n) is 6.83. The van der Waals surface area contributed by atoms with Gasteiger partial charge in [-0.05, 0) is 100 Å². The Morgan fingerprint density at radius 2 is 1.62 bits per heavy atom. The molecule has 1 aromatic heterocycles. The molecule has 4 N–H and O–H groups in total. The van der Waals surface area contributed by atoms with Crippen molar-refractivity contribution in [2.75, 3.05) is 31.1 Å². The zero-order chi connectivity index (χ0) is 28.4. The highest BCUT2D eigenvalue weighted by Crippen LogP contribution is 2.39. The molecule has 0 spiro atoms. The Kier molecular flexibility index (Phi) is 8.40. The number of aromatic nitrogens is 1. The van der Waals surface area contributed by atoms with Crippen LogP contribution in [0.1, 0.15) is 87.6 Å². The SMILES string of the molecule is CCN1CCC(NC(=O)c2ccc(N3CCCC4CC(NC(=O)c5cc(C)c(C(N)=O)cc5C)CC43)nc2)CC1. The molecule has 2 aromatic rings. The number of anilines is 1. The van der Waals surface area contributed by atoms with E-state index in [2.05, 4.69) is 27.4 Å². The number of rotatable bonds is 7. The van der Waals surface area contributed by atoms with Gasteiger partial charge in [0.2, 0.25) is 5.91 Å². The largest absolute Gasteiger partial charge is 0.366 e. The maximum absolute atomic E-state index is 13.2. The van der Waals surface area contributed by atoms with Crippen LogP contribution in [0.5, 0.6) is 0 Å². The van der Waals surface area contributed by atoms with Crippen molar-refractivity contribution in [1.29, 1.82) is 0 Å². The first-order valence-electron chi connectivity index (χ1n) is 14.7. The van der Waals surface area contributed by atoms with Gasteiger partial charge in [-0.15, -0.1) is 0 Å². The summed E-state index contributed by atoms with van der Waals surface area (Å²) in [6.45, 7) is 9.84. The lowest BCUT2D eigenvalue weighted by molar-refractivity contribution is 0.0909. The molecule has 3 heterocycles. The van der Waals surface area contributed by atoms with Crippen LogP contribution in [0.4, 0.5) is 5.82 Å². The number of carbonyl (C=O) groups is 3. The Balaban J connectivity index is 1.20. The number of piperidine rings is 2. The number of pyridine rings is 1. The molecule has 1 saturated carbocycles. The molecule has 1 aliphatic carbocycles. The van der Waals surface area contributed by atoms with Gasteiger partial charge in [0.05, 0.1) is 5.56 Å². The summed E-state index contributed by atoms with van der Waals surface area (Å²) in [7, 11) is 0. The highest BCUT2D eigenvalue weighted by Gasteiger charge is 2.41. The molecule has 9 heteroatoms. The molecule has 3 fully saturated rings. The lowest BCUT2D eigenvalue weighted by atomic mass is 9.92. The number of amides is 3. The highest BCUT2D eigenvalue weighted by molar-refractivity contribution is 5.99. The van der Waals surface area contributed by atoms with E-state index < -0.39 is 5.91 Å². The Morgan fingerprint density at radius 3 is 2.30 bits per heavy atom. The number of hydrogen-bond acceptors (Lipinski definition) is 6. The second kappa shape index (κ2) is 12.0. The number of carbonyl (C=O) groups excluding carboxylic acids is 3. The third-order valence-corrected chi connectivity index (χ3v) is 9.12. The number of nitrogens with two attached hydrogens (primary N) is 1. The molecule has 0 radical (unpaired) electrons. The van der Waals surface area contributed by atoms with Crippen LogP contribution in [0.3, 0.4) is 0 Å². The predicted octanol–water partition coefficient (Wildman–Crippen LogP) is 3.19. The minimum Gasteiger partial charge on any atom is -0.366 e. The topological polar surface area (TPSA) is 121 Å². The third-order valence-electron chi connectivity index (χ3n) is 9.12. The first-order chi connectivity index (χ1) is 19.2. The van der Waals surface area contributed by atoms with Gasteiger partial charge >= 0.3 is 0 Å². The summed E-state index contributed by atoms with van der Waals surface area (Å²) < 4.78 is 0. The van der Waals surface area contributed by atoms with Crippen LogP contribution in [0, 0.1) is 19.8 Å². The van der Waals surface area contributed by atoms with E-state index in [1.54, 1.807) is 25.3 Å². The van der Waals surface area contributed by atoms with Gasteiger partial charge in [0.1, 0.15) is 5.82 Å². The second-order valence-corrected chi connectivity index (χ2v) is 11.7. The minimum atomic E-state index is -0.484. The van der Waals surface area contributed by atoms with Crippen LogP contribution < -0.4 is 21.3 Å². The molecule has 1 aromatic carbocycles. The third kappa shape index (κ3) is 5.99. The molecule has 40 heavy (non-hydrogen) atoms. The monoisotopic (exact) mass is 546 g/mol. The van der Waals surface area contributed by atoms with Crippen LogP contribution in [0.15, 0.2) is 30.5 Å². The maximum atomic E-state index is 13.2. The average molecular weight is 547 g/mol. The molecule has 3 aliphatic rings. The molecule has 2 aliphatic heterocycles. The number of likely N-dealkylation sites (tertiary alicyclic amines) is 1. The van der Waals surface area contributed by atoms with Gasteiger partial charge < -0.3 is 26.2 Å². The van der Waals surface area contributed by atoms with E-state index in [1.165, 1.54) is 0 Å². The Hall–Kier alpha value is -3.46. The van der Waals surface area contributed by atoms with E-state index in [1.807, 2.05) is 19.1 Å². The molecule has 3 amide bonds. The predicted molar refractivity (Wildman–Crippen MR) is 156 cm³/mol. The van der Waals surface area contributed by atoms with Crippen LogP contribution >= 0.6 is 0 Å². The fraction of sp³-hybridized carbons (Fsp3) is 0.548. The number of primary amides is 1. The van der Waals surface area contributed by atoms with Crippen LogP contribution in [-0.2, 0) is 0 Å². The zero-order valence-corrected chi connectivity index (χ0v) is 23.9. The van der Waals surface area contributed by atoms with Crippen LogP contribution in [-0.4, -0.2) is 71.9 Å². The molecule has 3 unspecified atom stereocenters. The minimum absolute atomic E-state index is 0.0523. The van der Waals surface area contributed by atoms with Crippen LogP contribution in [0.2, 0.25) is 0 Å². The van der Waals surface area contributed by atoms with E-state index in [9.17, 15) is 14.4 Å². The van der Waals surface area contributed by atoms with Gasteiger partial charge in [0, 0.05) is 55.1 Å². The van der Waals surface area contributed by atoms with Crippen molar-refractivity contribution in [3.05, 3.63) is 58.3 Å². The number of nitrogens with one attached hydrogen (secondary N) is 2. The quantitative estimate of drug-likeness (QED) is 0.491. The molecular formula is C31H42N6O3. The summed E-state index contributed by atoms with van der Waals surface area (Å²) in [5.41, 5.74) is 8.55. The summed E-state index contributed by atoms with van der Waals surface area (Å²) in [5.74, 6) is 0.729. The van der Waals surface area contributed by atoms with Crippen molar-refractivity contribution < 1.29 is 14.4 Å². The molecule has 3 atom stereocenters. The summed E-state index contributed by atoms with van der Waals surface area (Å²) in [6.07, 6.45) is 7.67. The van der Waals surface area contributed by atoms with Crippen molar-refractivity contribution in [3.8, 4) is 0 Å². The highest BCUT2D eigenvalue weighted by atomic mass is 16.2. The van der Waals surface area contributed by atoms with Crippen LogP contribution in [0.25, 0.3) is 0 Å². The summed E-state index contributed by atoms with van der Waals surface area (Å²) >= 11 is 0. The average Bonchev–Trinajstić information content (AvgIpc) is 3.37. The second-order valence-electron chi connectivity index (χ2n) is 11.7. The molecule has 9 nitrogen and oxygen atoms in total. The van der Waals surface area contributed by atoms with Gasteiger partial charge in [-0.1, -0.05) is 6.92 Å². The van der Waals surface area contributed by atoms with E-state index in [0.29, 0.717) is 34.2 Å². The molecule has 0 bridgehead atoms. The number of benzene rings is 1. The van der Waals surface area contributed by atoms with Crippen molar-refractivity contribution in [3.63, 3.8) is 0 Å². The molecule has 214 valence electrons. The summed E-state index contributed by atoms with van der Waals surface area (Å²) in [5, 5.41) is 6.44. The van der Waals surface area contributed by atoms with E-state index in [4.69, 9.17) is 10.7 Å². The number of nitrogens with zero attached hydrogens (tertiary/aromatic N) is 3. The Morgan fingerprint density at radius 1 is 0.925 bits per heavy atom. The van der Waals surface area contributed by atoms with E-state index in [0.717, 1.165) is 76.1 Å². The normalized spacial score (nSPS) is 23.5. The van der Waals surface area contributed by atoms with E-state index in [-0.39, 0.29) is 23.9 Å². The molecule has 5 rings (SSSR count). The Bertz CT molecular complexity index is 1250. The lowest BCUT2D eigenvalue weighted by Crippen LogP contribution is -2.44. The summed E-state index contributed by atoms with van der Waals surface area (Å²) in [6, 6.07) is 7.91. The summed E-state index contributed by atoms with van der Waals surface area (Å²) in [4.78, 5) is 47.2. The van der Waals surface area contributed by atoms with Crippen molar-refractivity contribution in [2.24, 2.45) is 11.7 Å². The number of fused-ring (bicyclic) bond motifs is 1. The van der Waals surface area contributed by atoms with Gasteiger partial charge in [0.15, 0.2) is 0 Å². The van der Waals surface area contributed by atoms with Gasteiger partial charge in [-0.25, -0.2) is 4.98 Å².